The molecule has 7 nitrogen and oxygen atoms in total. The van der Waals surface area contributed by atoms with Crippen molar-refractivity contribution in [3.05, 3.63) is 35.4 Å². The molecule has 0 fully saturated rings. The maximum atomic E-state index is 10.8. The maximum absolute atomic E-state index is 10.8. The van der Waals surface area contributed by atoms with Gasteiger partial charge in [0.15, 0.2) is 0 Å². The number of aliphatic hydroxyl groups is 1. The summed E-state index contributed by atoms with van der Waals surface area (Å²) in [5.41, 5.74) is 1.73. The second-order valence-electron chi connectivity index (χ2n) is 4.04. The Morgan fingerprint density at radius 3 is 2.75 bits per heavy atom. The van der Waals surface area contributed by atoms with Gasteiger partial charge in [0.25, 0.3) is 0 Å². The SMILES string of the molecule is O=C(O)Cc1ccccc1CSc1nnnn1CCO. The number of benzene rings is 1. The largest absolute Gasteiger partial charge is 0.481 e. The van der Waals surface area contributed by atoms with Crippen molar-refractivity contribution < 1.29 is 15.0 Å². The van der Waals surface area contributed by atoms with E-state index in [0.717, 1.165) is 11.1 Å². The lowest BCUT2D eigenvalue weighted by Gasteiger charge is -2.07. The van der Waals surface area contributed by atoms with Crippen LogP contribution >= 0.6 is 11.8 Å². The molecule has 20 heavy (non-hydrogen) atoms. The Balaban J connectivity index is 2.06. The molecule has 0 radical (unpaired) electrons. The van der Waals surface area contributed by atoms with Crippen molar-refractivity contribution in [2.75, 3.05) is 6.61 Å². The number of tetrazole rings is 1. The van der Waals surface area contributed by atoms with E-state index < -0.39 is 5.97 Å². The van der Waals surface area contributed by atoms with E-state index in [1.54, 1.807) is 6.07 Å². The third-order valence-corrected chi connectivity index (χ3v) is 3.63. The molecule has 0 amide bonds. The molecule has 8 heteroatoms. The lowest BCUT2D eigenvalue weighted by atomic mass is 10.1. The van der Waals surface area contributed by atoms with Crippen molar-refractivity contribution in [3.8, 4) is 0 Å². The summed E-state index contributed by atoms with van der Waals surface area (Å²) in [6.45, 7) is 0.306. The lowest BCUT2D eigenvalue weighted by molar-refractivity contribution is -0.136. The molecule has 1 aromatic heterocycles. The smallest absolute Gasteiger partial charge is 0.307 e. The second kappa shape index (κ2) is 7.01. The van der Waals surface area contributed by atoms with Gasteiger partial charge in [0.2, 0.25) is 5.16 Å². The van der Waals surface area contributed by atoms with E-state index in [2.05, 4.69) is 15.5 Å². The molecule has 2 rings (SSSR count). The highest BCUT2D eigenvalue weighted by atomic mass is 32.2. The van der Waals surface area contributed by atoms with Crippen LogP contribution in [0.1, 0.15) is 11.1 Å². The zero-order valence-corrected chi connectivity index (χ0v) is 11.5. The van der Waals surface area contributed by atoms with Crippen LogP contribution in [0.3, 0.4) is 0 Å². The molecule has 0 bridgehead atoms. The molecule has 0 saturated carbocycles. The molecule has 0 aliphatic carbocycles. The Morgan fingerprint density at radius 2 is 2.05 bits per heavy atom. The molecule has 0 aliphatic heterocycles. The van der Waals surface area contributed by atoms with Crippen LogP contribution in [-0.4, -0.2) is 43.0 Å². The normalized spacial score (nSPS) is 10.7. The minimum absolute atomic E-state index is 0.00167. The fraction of sp³-hybridized carbons (Fsp3) is 0.333. The summed E-state index contributed by atoms with van der Waals surface area (Å²) < 4.78 is 1.52. The van der Waals surface area contributed by atoms with Gasteiger partial charge >= 0.3 is 5.97 Å². The van der Waals surface area contributed by atoms with Crippen LogP contribution in [0.5, 0.6) is 0 Å². The molecule has 2 aromatic rings. The lowest BCUT2D eigenvalue weighted by Crippen LogP contribution is -2.06. The maximum Gasteiger partial charge on any atom is 0.307 e. The zero-order valence-electron chi connectivity index (χ0n) is 10.6. The molecule has 0 aliphatic rings. The highest BCUT2D eigenvalue weighted by Crippen LogP contribution is 2.22. The van der Waals surface area contributed by atoms with Crippen molar-refractivity contribution in [2.24, 2.45) is 0 Å². The number of carboxylic acid groups (broad SMARTS) is 1. The van der Waals surface area contributed by atoms with Crippen molar-refractivity contribution in [1.82, 2.24) is 20.2 Å². The first kappa shape index (κ1) is 14.5. The zero-order chi connectivity index (χ0) is 14.4. The number of carbonyl (C=O) groups is 1. The number of nitrogens with zero attached hydrogens (tertiary/aromatic N) is 4. The Hall–Kier alpha value is -1.93. The molecule has 0 atom stereocenters. The van der Waals surface area contributed by atoms with E-state index in [-0.39, 0.29) is 13.0 Å². The van der Waals surface area contributed by atoms with Crippen LogP contribution in [0.25, 0.3) is 0 Å². The quantitative estimate of drug-likeness (QED) is 0.720. The van der Waals surface area contributed by atoms with E-state index in [1.165, 1.54) is 16.4 Å². The van der Waals surface area contributed by atoms with Crippen LogP contribution in [0.2, 0.25) is 0 Å². The topological polar surface area (TPSA) is 101 Å². The van der Waals surface area contributed by atoms with Gasteiger partial charge in [0, 0.05) is 5.75 Å². The predicted molar refractivity (Wildman–Crippen MR) is 72.2 cm³/mol. The molecular weight excluding hydrogens is 280 g/mol. The Bertz CT molecular complexity index is 588. The average molecular weight is 294 g/mol. The van der Waals surface area contributed by atoms with Gasteiger partial charge in [-0.15, -0.1) is 5.10 Å². The van der Waals surface area contributed by atoms with Crippen molar-refractivity contribution in [2.45, 2.75) is 23.9 Å². The van der Waals surface area contributed by atoms with Crippen molar-refractivity contribution in [1.29, 1.82) is 0 Å². The molecule has 1 heterocycles. The van der Waals surface area contributed by atoms with Gasteiger partial charge in [-0.2, -0.15) is 0 Å². The van der Waals surface area contributed by atoms with Gasteiger partial charge in [-0.1, -0.05) is 36.0 Å². The molecule has 0 saturated heterocycles. The molecule has 0 unspecified atom stereocenters. The van der Waals surface area contributed by atoms with Gasteiger partial charge < -0.3 is 10.2 Å². The molecule has 0 spiro atoms. The van der Waals surface area contributed by atoms with E-state index in [9.17, 15) is 4.79 Å². The summed E-state index contributed by atoms with van der Waals surface area (Å²) in [4.78, 5) is 10.8. The molecule has 2 N–H and O–H groups in total. The number of aromatic nitrogens is 4. The predicted octanol–water partition coefficient (Wildman–Crippen LogP) is 0.585. The standard InChI is InChI=1S/C12H14N4O3S/c17-6-5-16-12(13-14-15-16)20-8-10-4-2-1-3-9(10)7-11(18)19/h1-4,17H,5-8H2,(H,18,19). The molecule has 1 aromatic carbocycles. The van der Waals surface area contributed by atoms with Crippen LogP contribution in [0, 0.1) is 0 Å². The van der Waals surface area contributed by atoms with Gasteiger partial charge in [0.1, 0.15) is 0 Å². The Morgan fingerprint density at radius 1 is 1.30 bits per heavy atom. The first-order valence-corrected chi connectivity index (χ1v) is 6.97. The third-order valence-electron chi connectivity index (χ3n) is 2.63. The molecular formula is C12H14N4O3S. The number of carboxylic acids is 1. The Labute approximate surface area is 119 Å². The minimum atomic E-state index is -0.854. The summed E-state index contributed by atoms with van der Waals surface area (Å²) in [6, 6.07) is 7.40. The van der Waals surface area contributed by atoms with E-state index >= 15 is 0 Å². The third kappa shape index (κ3) is 3.78. The van der Waals surface area contributed by atoms with Crippen LogP contribution < -0.4 is 0 Å². The summed E-state index contributed by atoms with van der Waals surface area (Å²) in [5, 5.41) is 29.6. The molecule has 106 valence electrons. The van der Waals surface area contributed by atoms with Crippen molar-refractivity contribution in [3.63, 3.8) is 0 Å². The summed E-state index contributed by atoms with van der Waals surface area (Å²) in [5.74, 6) is -0.275. The Kier molecular flexibility index (Phi) is 5.08. The summed E-state index contributed by atoms with van der Waals surface area (Å²) in [7, 11) is 0. The average Bonchev–Trinajstić information content (AvgIpc) is 2.85. The van der Waals surface area contributed by atoms with E-state index in [4.69, 9.17) is 10.2 Å². The number of rotatable bonds is 7. The van der Waals surface area contributed by atoms with Gasteiger partial charge in [0.05, 0.1) is 19.6 Å². The van der Waals surface area contributed by atoms with Crippen LogP contribution in [-0.2, 0) is 23.5 Å². The number of aliphatic carboxylic acids is 1. The van der Waals surface area contributed by atoms with E-state index in [0.29, 0.717) is 17.5 Å². The van der Waals surface area contributed by atoms with Crippen LogP contribution in [0.4, 0.5) is 0 Å². The number of aliphatic hydroxyl groups excluding tert-OH is 1. The summed E-state index contributed by atoms with van der Waals surface area (Å²) in [6.07, 6.45) is -0.00167. The summed E-state index contributed by atoms with van der Waals surface area (Å²) >= 11 is 1.41. The van der Waals surface area contributed by atoms with Crippen molar-refractivity contribution >= 4 is 17.7 Å². The highest BCUT2D eigenvalue weighted by molar-refractivity contribution is 7.98. The number of hydrogen-bond acceptors (Lipinski definition) is 6. The van der Waals surface area contributed by atoms with Gasteiger partial charge in [-0.05, 0) is 21.6 Å². The van der Waals surface area contributed by atoms with Gasteiger partial charge in [-0.3, -0.25) is 4.79 Å². The first-order chi connectivity index (χ1) is 9.70. The van der Waals surface area contributed by atoms with Crippen LogP contribution in [0.15, 0.2) is 29.4 Å². The fourth-order valence-electron chi connectivity index (χ4n) is 1.71. The highest BCUT2D eigenvalue weighted by Gasteiger charge is 2.10. The monoisotopic (exact) mass is 294 g/mol. The number of thioether (sulfide) groups is 1. The van der Waals surface area contributed by atoms with Gasteiger partial charge in [-0.25, -0.2) is 4.68 Å². The second-order valence-corrected chi connectivity index (χ2v) is 4.98. The fourth-order valence-corrected chi connectivity index (χ4v) is 2.65. The number of hydrogen-bond donors (Lipinski definition) is 2. The van der Waals surface area contributed by atoms with E-state index in [1.807, 2.05) is 18.2 Å². The first-order valence-electron chi connectivity index (χ1n) is 5.99. The minimum Gasteiger partial charge on any atom is -0.481 e.